The van der Waals surface area contributed by atoms with Crippen LogP contribution >= 0.6 is 0 Å². The van der Waals surface area contributed by atoms with Crippen molar-refractivity contribution in [2.45, 2.75) is 65.8 Å². The summed E-state index contributed by atoms with van der Waals surface area (Å²) in [6.07, 6.45) is 4.87. The fraction of sp³-hybridized carbons (Fsp3) is 0.917. The van der Waals surface area contributed by atoms with Crippen LogP contribution in [0.3, 0.4) is 0 Å². The van der Waals surface area contributed by atoms with E-state index < -0.39 is 5.54 Å². The summed E-state index contributed by atoms with van der Waals surface area (Å²) in [5.41, 5.74) is 5.27. The minimum Gasteiger partial charge on any atom is -0.319 e. The van der Waals surface area contributed by atoms with E-state index in [1.165, 1.54) is 0 Å². The Kier molecular flexibility index (Phi) is 10.6. The average molecular weight is 201 g/mol. The molecule has 0 spiro atoms. The van der Waals surface area contributed by atoms with Crippen molar-refractivity contribution in [2.75, 3.05) is 0 Å². The van der Waals surface area contributed by atoms with Crippen molar-refractivity contribution in [3.8, 4) is 0 Å². The largest absolute Gasteiger partial charge is 0.319 e. The standard InChI is InChI=1S/C8H15NO.2C2H6/c1-7-2-4-8(9,6-10)5-3-7;2*1-2/h6-7H,2-5,9H2,1H3;2*1-2H3. The topological polar surface area (TPSA) is 43.1 Å². The van der Waals surface area contributed by atoms with Crippen LogP contribution in [0, 0.1) is 5.92 Å². The van der Waals surface area contributed by atoms with Crippen molar-refractivity contribution in [2.24, 2.45) is 11.7 Å². The second-order valence-corrected chi connectivity index (χ2v) is 3.53. The van der Waals surface area contributed by atoms with Crippen molar-refractivity contribution in [3.05, 3.63) is 0 Å². The first kappa shape index (κ1) is 16.1. The van der Waals surface area contributed by atoms with Crippen molar-refractivity contribution >= 4 is 6.29 Å². The summed E-state index contributed by atoms with van der Waals surface area (Å²) in [6.45, 7) is 10.2. The molecule has 1 saturated carbocycles. The molecule has 2 nitrogen and oxygen atoms in total. The fourth-order valence-corrected chi connectivity index (χ4v) is 1.42. The molecule has 0 atom stereocenters. The van der Waals surface area contributed by atoms with Gasteiger partial charge in [0.1, 0.15) is 6.29 Å². The lowest BCUT2D eigenvalue weighted by molar-refractivity contribution is -0.113. The van der Waals surface area contributed by atoms with E-state index in [0.29, 0.717) is 0 Å². The number of hydrogen-bond donors (Lipinski definition) is 1. The van der Waals surface area contributed by atoms with E-state index in [9.17, 15) is 4.79 Å². The summed E-state index contributed by atoms with van der Waals surface area (Å²) in [5.74, 6) is 0.761. The number of nitrogens with two attached hydrogens (primary N) is 1. The molecule has 2 heteroatoms. The van der Waals surface area contributed by atoms with Gasteiger partial charge in [0, 0.05) is 0 Å². The van der Waals surface area contributed by atoms with Gasteiger partial charge in [-0.15, -0.1) is 0 Å². The van der Waals surface area contributed by atoms with Gasteiger partial charge in [-0.2, -0.15) is 0 Å². The highest BCUT2D eigenvalue weighted by molar-refractivity contribution is 5.63. The van der Waals surface area contributed by atoms with Gasteiger partial charge in [0.05, 0.1) is 5.54 Å². The number of aldehydes is 1. The molecule has 0 bridgehead atoms. The van der Waals surface area contributed by atoms with E-state index >= 15 is 0 Å². The maximum atomic E-state index is 10.5. The molecule has 0 radical (unpaired) electrons. The van der Waals surface area contributed by atoms with E-state index in [-0.39, 0.29) is 0 Å². The zero-order chi connectivity index (χ0) is 11.6. The van der Waals surface area contributed by atoms with Crippen molar-refractivity contribution in [1.82, 2.24) is 0 Å². The Bertz CT molecular complexity index is 126. The van der Waals surface area contributed by atoms with E-state index in [2.05, 4.69) is 6.92 Å². The van der Waals surface area contributed by atoms with Crippen molar-refractivity contribution in [1.29, 1.82) is 0 Å². The predicted molar refractivity (Wildman–Crippen MR) is 63.3 cm³/mol. The maximum absolute atomic E-state index is 10.5. The van der Waals surface area contributed by atoms with Crippen LogP contribution in [-0.2, 0) is 4.79 Å². The predicted octanol–water partition coefficient (Wildman–Crippen LogP) is 3.15. The van der Waals surface area contributed by atoms with Gasteiger partial charge in [-0.25, -0.2) is 0 Å². The molecule has 1 fully saturated rings. The molecule has 0 aromatic rings. The van der Waals surface area contributed by atoms with Gasteiger partial charge in [-0.1, -0.05) is 34.6 Å². The lowest BCUT2D eigenvalue weighted by Gasteiger charge is -2.30. The SMILES string of the molecule is CC.CC.CC1CCC(N)(C=O)CC1. The van der Waals surface area contributed by atoms with Crippen LogP contribution in [0.1, 0.15) is 60.3 Å². The monoisotopic (exact) mass is 201 g/mol. The maximum Gasteiger partial charge on any atom is 0.139 e. The third-order valence-corrected chi connectivity index (χ3v) is 2.44. The van der Waals surface area contributed by atoms with Crippen LogP contribution in [-0.4, -0.2) is 11.8 Å². The third kappa shape index (κ3) is 6.14. The zero-order valence-corrected chi connectivity index (χ0v) is 10.5. The highest BCUT2D eigenvalue weighted by atomic mass is 16.1. The first-order valence-corrected chi connectivity index (χ1v) is 5.91. The van der Waals surface area contributed by atoms with Gasteiger partial charge in [0.15, 0.2) is 0 Å². The van der Waals surface area contributed by atoms with Crippen LogP contribution in [0.2, 0.25) is 0 Å². The third-order valence-electron chi connectivity index (χ3n) is 2.44. The Hall–Kier alpha value is -0.370. The highest BCUT2D eigenvalue weighted by Crippen LogP contribution is 2.28. The van der Waals surface area contributed by atoms with Crippen LogP contribution in [0.5, 0.6) is 0 Å². The molecule has 1 rings (SSSR count). The second-order valence-electron chi connectivity index (χ2n) is 3.53. The summed E-state index contributed by atoms with van der Waals surface area (Å²) in [6, 6.07) is 0. The minimum absolute atomic E-state index is 0.480. The van der Waals surface area contributed by atoms with Crippen LogP contribution in [0.4, 0.5) is 0 Å². The fourth-order valence-electron chi connectivity index (χ4n) is 1.42. The van der Waals surface area contributed by atoms with Gasteiger partial charge in [0.2, 0.25) is 0 Å². The van der Waals surface area contributed by atoms with E-state index in [1.807, 2.05) is 27.7 Å². The normalized spacial score (nSPS) is 30.3. The van der Waals surface area contributed by atoms with Gasteiger partial charge >= 0.3 is 0 Å². The molecule has 86 valence electrons. The Balaban J connectivity index is 0. The highest BCUT2D eigenvalue weighted by Gasteiger charge is 2.29. The van der Waals surface area contributed by atoms with Gasteiger partial charge < -0.3 is 10.5 Å². The van der Waals surface area contributed by atoms with Crippen molar-refractivity contribution in [3.63, 3.8) is 0 Å². The number of carbonyl (C=O) groups is 1. The number of rotatable bonds is 1. The first-order valence-electron chi connectivity index (χ1n) is 5.91. The lowest BCUT2D eigenvalue weighted by atomic mass is 9.79. The van der Waals surface area contributed by atoms with E-state index in [1.54, 1.807) is 0 Å². The Morgan fingerprint density at radius 1 is 1.14 bits per heavy atom. The minimum atomic E-state index is -0.480. The van der Waals surface area contributed by atoms with Gasteiger partial charge in [0.25, 0.3) is 0 Å². The zero-order valence-electron chi connectivity index (χ0n) is 10.5. The van der Waals surface area contributed by atoms with E-state index in [4.69, 9.17) is 5.73 Å². The molecule has 0 aliphatic heterocycles. The molecule has 0 amide bonds. The molecule has 1 aliphatic rings. The summed E-state index contributed by atoms with van der Waals surface area (Å²) >= 11 is 0. The molecular weight excluding hydrogens is 174 g/mol. The first-order chi connectivity index (χ1) is 6.66. The molecule has 0 heterocycles. The second kappa shape index (κ2) is 9.20. The van der Waals surface area contributed by atoms with E-state index in [0.717, 1.165) is 37.9 Å². The smallest absolute Gasteiger partial charge is 0.139 e. The molecule has 14 heavy (non-hydrogen) atoms. The molecule has 0 unspecified atom stereocenters. The van der Waals surface area contributed by atoms with Crippen LogP contribution in [0.15, 0.2) is 0 Å². The lowest BCUT2D eigenvalue weighted by Crippen LogP contribution is -2.44. The molecule has 0 aromatic carbocycles. The summed E-state index contributed by atoms with van der Waals surface area (Å²) in [4.78, 5) is 10.5. The average Bonchev–Trinajstić information content (AvgIpc) is 2.28. The van der Waals surface area contributed by atoms with Gasteiger partial charge in [-0.05, 0) is 31.6 Å². The molecule has 1 aliphatic carbocycles. The number of hydrogen-bond acceptors (Lipinski definition) is 2. The Morgan fingerprint density at radius 3 is 1.79 bits per heavy atom. The number of carbonyl (C=O) groups excluding carboxylic acids is 1. The quantitative estimate of drug-likeness (QED) is 0.662. The van der Waals surface area contributed by atoms with Crippen molar-refractivity contribution < 1.29 is 4.79 Å². The Labute approximate surface area is 89.3 Å². The molecule has 0 aromatic heterocycles. The van der Waals surface area contributed by atoms with Gasteiger partial charge in [-0.3, -0.25) is 0 Å². The molecular formula is C12H27NO. The summed E-state index contributed by atoms with van der Waals surface area (Å²) in [7, 11) is 0. The summed E-state index contributed by atoms with van der Waals surface area (Å²) in [5, 5.41) is 0. The van der Waals surface area contributed by atoms with Crippen LogP contribution < -0.4 is 5.73 Å². The summed E-state index contributed by atoms with van der Waals surface area (Å²) < 4.78 is 0. The molecule has 2 N–H and O–H groups in total. The van der Waals surface area contributed by atoms with Crippen LogP contribution in [0.25, 0.3) is 0 Å². The molecule has 0 saturated heterocycles. The Morgan fingerprint density at radius 2 is 1.50 bits per heavy atom.